The lowest BCUT2D eigenvalue weighted by Crippen LogP contribution is -2.57. The third-order valence-corrected chi connectivity index (χ3v) is 5.23. The van der Waals surface area contributed by atoms with Gasteiger partial charge in [-0.25, -0.2) is 0 Å². The molecule has 3 aliphatic rings. The summed E-state index contributed by atoms with van der Waals surface area (Å²) in [4.78, 5) is 18.3. The van der Waals surface area contributed by atoms with Gasteiger partial charge >= 0.3 is 0 Å². The standard InChI is InChI=1S/C19H23N3O/c1-13-3-2-4-15(11-13)16-5-6-17(20-16)19(23)21-18-12-22-9-7-14(18)8-10-22/h2-6,11,14,18,20H,7-10,12H2,1H3,(H,21,23)/t18-/m0/s1. The lowest BCUT2D eigenvalue weighted by atomic mass is 9.84. The molecule has 4 heterocycles. The van der Waals surface area contributed by atoms with Gasteiger partial charge in [-0.3, -0.25) is 4.79 Å². The van der Waals surface area contributed by atoms with Crippen molar-refractivity contribution in [2.45, 2.75) is 25.8 Å². The fourth-order valence-corrected chi connectivity index (χ4v) is 3.88. The molecule has 23 heavy (non-hydrogen) atoms. The number of hydrogen-bond donors (Lipinski definition) is 2. The van der Waals surface area contributed by atoms with E-state index in [1.165, 1.54) is 31.5 Å². The normalized spacial score (nSPS) is 26.2. The van der Waals surface area contributed by atoms with Crippen LogP contribution in [0.25, 0.3) is 11.3 Å². The maximum absolute atomic E-state index is 12.5. The lowest BCUT2D eigenvalue weighted by Gasteiger charge is -2.44. The van der Waals surface area contributed by atoms with Gasteiger partial charge in [0, 0.05) is 18.3 Å². The molecule has 3 fully saturated rings. The van der Waals surface area contributed by atoms with E-state index in [1.54, 1.807) is 0 Å². The zero-order chi connectivity index (χ0) is 15.8. The molecule has 1 atom stereocenters. The van der Waals surface area contributed by atoms with Crippen LogP contribution in [0, 0.1) is 12.8 Å². The number of hydrogen-bond acceptors (Lipinski definition) is 2. The summed E-state index contributed by atoms with van der Waals surface area (Å²) in [6.45, 7) is 5.46. The third kappa shape index (κ3) is 2.91. The highest BCUT2D eigenvalue weighted by Crippen LogP contribution is 2.27. The van der Waals surface area contributed by atoms with Gasteiger partial charge in [-0.05, 0) is 62.5 Å². The molecule has 1 amide bonds. The molecule has 0 spiro atoms. The number of rotatable bonds is 3. The molecule has 0 aliphatic carbocycles. The Morgan fingerprint density at radius 2 is 2.04 bits per heavy atom. The van der Waals surface area contributed by atoms with Crippen molar-refractivity contribution < 1.29 is 4.79 Å². The Labute approximate surface area is 136 Å². The quantitative estimate of drug-likeness (QED) is 0.916. The van der Waals surface area contributed by atoms with Crippen LogP contribution in [0.3, 0.4) is 0 Å². The molecule has 0 saturated carbocycles. The van der Waals surface area contributed by atoms with Gasteiger partial charge in [0.05, 0.1) is 0 Å². The first kappa shape index (κ1) is 14.5. The molecule has 0 unspecified atom stereocenters. The highest BCUT2D eigenvalue weighted by Gasteiger charge is 2.35. The van der Waals surface area contributed by atoms with Crippen molar-refractivity contribution in [2.24, 2.45) is 5.92 Å². The monoisotopic (exact) mass is 309 g/mol. The molecule has 2 aromatic rings. The Bertz CT molecular complexity index is 713. The van der Waals surface area contributed by atoms with E-state index in [0.29, 0.717) is 17.7 Å². The fourth-order valence-electron chi connectivity index (χ4n) is 3.88. The number of H-pyrrole nitrogens is 1. The average molecular weight is 309 g/mol. The number of aryl methyl sites for hydroxylation is 1. The van der Waals surface area contributed by atoms with E-state index < -0.39 is 0 Å². The Morgan fingerprint density at radius 1 is 1.22 bits per heavy atom. The molecule has 0 radical (unpaired) electrons. The zero-order valence-corrected chi connectivity index (χ0v) is 13.5. The second-order valence-corrected chi connectivity index (χ2v) is 6.87. The van der Waals surface area contributed by atoms with Gasteiger partial charge < -0.3 is 15.2 Å². The Morgan fingerprint density at radius 3 is 2.74 bits per heavy atom. The Balaban J connectivity index is 1.47. The Hall–Kier alpha value is -2.07. The molecule has 4 heteroatoms. The van der Waals surface area contributed by atoms with Crippen molar-refractivity contribution in [2.75, 3.05) is 19.6 Å². The summed E-state index contributed by atoms with van der Waals surface area (Å²) in [5.41, 5.74) is 3.98. The van der Waals surface area contributed by atoms with Crippen LogP contribution in [0.15, 0.2) is 36.4 Å². The number of fused-ring (bicyclic) bond motifs is 3. The van der Waals surface area contributed by atoms with E-state index in [2.05, 4.69) is 40.3 Å². The van der Waals surface area contributed by atoms with E-state index in [4.69, 9.17) is 0 Å². The van der Waals surface area contributed by atoms with Crippen LogP contribution in [0.2, 0.25) is 0 Å². The number of carbonyl (C=O) groups excluding carboxylic acids is 1. The predicted molar refractivity (Wildman–Crippen MR) is 91.4 cm³/mol. The first-order valence-corrected chi connectivity index (χ1v) is 8.48. The number of carbonyl (C=O) groups is 1. The molecule has 4 nitrogen and oxygen atoms in total. The Kier molecular flexibility index (Phi) is 3.69. The number of benzene rings is 1. The van der Waals surface area contributed by atoms with Crippen molar-refractivity contribution >= 4 is 5.91 Å². The number of amides is 1. The van der Waals surface area contributed by atoms with Crippen molar-refractivity contribution in [3.05, 3.63) is 47.7 Å². The first-order valence-electron chi connectivity index (χ1n) is 8.48. The van der Waals surface area contributed by atoms with Gasteiger partial charge in [0.15, 0.2) is 0 Å². The maximum atomic E-state index is 12.5. The highest BCUT2D eigenvalue weighted by atomic mass is 16.2. The summed E-state index contributed by atoms with van der Waals surface area (Å²) in [6, 6.07) is 12.5. The van der Waals surface area contributed by atoms with Crippen LogP contribution < -0.4 is 5.32 Å². The minimum absolute atomic E-state index is 0.0163. The SMILES string of the molecule is Cc1cccc(-c2ccc(C(=O)N[C@H]3CN4CCC3CC4)[nH]2)c1. The third-order valence-electron chi connectivity index (χ3n) is 5.23. The second-order valence-electron chi connectivity index (χ2n) is 6.87. The van der Waals surface area contributed by atoms with E-state index in [0.717, 1.165) is 17.8 Å². The molecule has 2 N–H and O–H groups in total. The number of nitrogens with zero attached hydrogens (tertiary/aromatic N) is 1. The number of aromatic nitrogens is 1. The van der Waals surface area contributed by atoms with E-state index >= 15 is 0 Å². The zero-order valence-electron chi connectivity index (χ0n) is 13.5. The molecular formula is C19H23N3O. The molecule has 3 saturated heterocycles. The smallest absolute Gasteiger partial charge is 0.267 e. The van der Waals surface area contributed by atoms with Crippen LogP contribution >= 0.6 is 0 Å². The first-order chi connectivity index (χ1) is 11.2. The van der Waals surface area contributed by atoms with Crippen LogP contribution in [-0.2, 0) is 0 Å². The van der Waals surface area contributed by atoms with Crippen LogP contribution in [0.4, 0.5) is 0 Å². The summed E-state index contributed by atoms with van der Waals surface area (Å²) < 4.78 is 0. The van der Waals surface area contributed by atoms with Crippen molar-refractivity contribution in [3.8, 4) is 11.3 Å². The summed E-state index contributed by atoms with van der Waals surface area (Å²) in [6.07, 6.45) is 2.43. The van der Waals surface area contributed by atoms with Gasteiger partial charge in [-0.15, -0.1) is 0 Å². The number of nitrogens with one attached hydrogen (secondary N) is 2. The number of piperidine rings is 3. The predicted octanol–water partition coefficient (Wildman–Crippen LogP) is 2.81. The van der Waals surface area contributed by atoms with Gasteiger partial charge in [0.25, 0.3) is 5.91 Å². The van der Waals surface area contributed by atoms with Gasteiger partial charge in [0.2, 0.25) is 0 Å². The van der Waals surface area contributed by atoms with E-state index in [9.17, 15) is 4.79 Å². The summed E-state index contributed by atoms with van der Waals surface area (Å²) in [5.74, 6) is 0.665. The summed E-state index contributed by atoms with van der Waals surface area (Å²) in [7, 11) is 0. The van der Waals surface area contributed by atoms with Crippen LogP contribution in [0.5, 0.6) is 0 Å². The van der Waals surface area contributed by atoms with E-state index in [1.807, 2.05) is 18.2 Å². The molecule has 3 aliphatic heterocycles. The van der Waals surface area contributed by atoms with Crippen molar-refractivity contribution in [1.82, 2.24) is 15.2 Å². The molecule has 1 aromatic carbocycles. The van der Waals surface area contributed by atoms with Gasteiger partial charge in [-0.2, -0.15) is 0 Å². The molecule has 5 rings (SSSR count). The van der Waals surface area contributed by atoms with Crippen molar-refractivity contribution in [3.63, 3.8) is 0 Å². The van der Waals surface area contributed by atoms with Crippen molar-refractivity contribution in [1.29, 1.82) is 0 Å². The summed E-state index contributed by atoms with van der Waals surface area (Å²) in [5, 5.41) is 3.23. The largest absolute Gasteiger partial charge is 0.351 e. The number of aromatic amines is 1. The molecular weight excluding hydrogens is 286 g/mol. The minimum Gasteiger partial charge on any atom is -0.351 e. The fraction of sp³-hybridized carbons (Fsp3) is 0.421. The van der Waals surface area contributed by atoms with E-state index in [-0.39, 0.29) is 5.91 Å². The summed E-state index contributed by atoms with van der Waals surface area (Å²) >= 11 is 0. The van der Waals surface area contributed by atoms with Crippen LogP contribution in [0.1, 0.15) is 28.9 Å². The molecule has 120 valence electrons. The molecule has 2 bridgehead atoms. The second kappa shape index (κ2) is 5.85. The van der Waals surface area contributed by atoms with Gasteiger partial charge in [-0.1, -0.05) is 23.8 Å². The highest BCUT2D eigenvalue weighted by molar-refractivity contribution is 5.93. The van der Waals surface area contributed by atoms with Gasteiger partial charge in [0.1, 0.15) is 5.69 Å². The maximum Gasteiger partial charge on any atom is 0.267 e. The average Bonchev–Trinajstić information content (AvgIpc) is 3.06. The topological polar surface area (TPSA) is 48.1 Å². The lowest BCUT2D eigenvalue weighted by molar-refractivity contribution is 0.0618. The molecule has 1 aromatic heterocycles. The minimum atomic E-state index is 0.0163. The van der Waals surface area contributed by atoms with Crippen LogP contribution in [-0.4, -0.2) is 41.5 Å².